The first-order chi connectivity index (χ1) is 11.7. The Hall–Kier alpha value is -3.41. The monoisotopic (exact) mass is 326 g/mol. The molecule has 3 N–H and O–H groups in total. The lowest BCUT2D eigenvalue weighted by molar-refractivity contribution is 0.102. The van der Waals surface area contributed by atoms with Gasteiger partial charge in [-0.15, -0.1) is 0 Å². The van der Waals surface area contributed by atoms with Crippen molar-refractivity contribution in [3.05, 3.63) is 66.5 Å². The zero-order valence-corrected chi connectivity index (χ0v) is 13.1. The van der Waals surface area contributed by atoms with E-state index >= 15 is 0 Å². The first-order valence-corrected chi connectivity index (χ1v) is 7.30. The minimum Gasteiger partial charge on any atom is -0.497 e. The number of ether oxygens (including phenoxy) is 1. The highest BCUT2D eigenvalue weighted by atomic mass is 16.5. The number of methoxy groups -OCH3 is 1. The van der Waals surface area contributed by atoms with Gasteiger partial charge in [-0.1, -0.05) is 18.2 Å². The van der Waals surface area contributed by atoms with Gasteiger partial charge in [-0.25, -0.2) is 9.97 Å². The molecule has 0 aliphatic heterocycles. The molecule has 126 valence electrons. The van der Waals surface area contributed by atoms with Crippen molar-refractivity contribution in [3.63, 3.8) is 0 Å². The van der Waals surface area contributed by atoms with Crippen LogP contribution < -0.4 is 15.8 Å². The van der Waals surface area contributed by atoms with Crippen molar-refractivity contribution in [2.75, 3.05) is 18.2 Å². The number of hydrogen-bond donors (Lipinski definition) is 2. The largest absolute Gasteiger partial charge is 0.497 e. The lowest BCUT2D eigenvalue weighted by atomic mass is 10.1. The number of carbonyl (C=O) groups is 1. The number of nitrogens with zero attached hydrogens (tertiary/aromatic N) is 2. The lowest BCUT2D eigenvalue weighted by Crippen LogP contribution is -2.17. The van der Waals surface area contributed by atoms with E-state index in [9.17, 15) is 4.79 Å². The second-order valence-electron chi connectivity index (χ2n) is 5.04. The zero-order valence-electron chi connectivity index (χ0n) is 13.1. The number of nitrogens with one attached hydrogen (secondary N) is 1. The minimum atomic E-state index is -0.401. The van der Waals surface area contributed by atoms with Gasteiger partial charge < -0.3 is 15.8 Å². The number of para-hydroxylation sites is 1. The van der Waals surface area contributed by atoms with Crippen molar-refractivity contribution in [2.45, 2.75) is 0 Å². The Bertz CT molecular complexity index is 862. The molecule has 0 fully saturated rings. The highest BCUT2D eigenvalue weighted by molar-refractivity contribution is 6.05. The fourth-order valence-corrected chi connectivity index (χ4v) is 2.18. The van der Waals surface area contributed by atoms with Gasteiger partial charge in [-0.3, -0.25) is 4.79 Å². The second-order valence-corrected chi connectivity index (χ2v) is 5.04. The van der Waals surface area contributed by atoms with E-state index in [1.807, 2.05) is 42.5 Å². The first-order valence-electron chi connectivity index (χ1n) is 7.30. The van der Waals surface area contributed by atoms with Gasteiger partial charge in [-0.2, -0.15) is 0 Å². The van der Waals surface area contributed by atoms with Crippen LogP contribution in [-0.2, 0) is 0 Å². The molecule has 1 amide bonds. The number of rotatable bonds is 4. The van der Waals surface area contributed by atoms with Crippen LogP contribution in [0.3, 0.4) is 0 Å². The molecule has 0 bridgehead atoms. The molecule has 0 radical (unpaired) electrons. The van der Waals surface area contributed by atoms with E-state index in [1.54, 1.807) is 19.2 Å². The molecule has 0 aliphatic carbocycles. The lowest BCUT2D eigenvalue weighted by Gasteiger charge is -2.08. The standard InChI is InChI=1S/C18H16N4O2.3H2/c1-24-14-9-7-12(8-10-14)15-11-20-17(19)16(22-15)18(23)21-13-5-3-2-4-6-13;;;/h2-11H,1H3,(H2,19,20)(H,21,23);3*1H. The van der Waals surface area contributed by atoms with E-state index in [0.717, 1.165) is 11.3 Å². The summed E-state index contributed by atoms with van der Waals surface area (Å²) in [4.78, 5) is 20.8. The summed E-state index contributed by atoms with van der Waals surface area (Å²) < 4.78 is 5.13. The summed E-state index contributed by atoms with van der Waals surface area (Å²) in [6.45, 7) is 0. The predicted molar refractivity (Wildman–Crippen MR) is 99.2 cm³/mol. The fourth-order valence-electron chi connectivity index (χ4n) is 2.18. The number of aromatic nitrogens is 2. The van der Waals surface area contributed by atoms with Crippen molar-refractivity contribution < 1.29 is 13.8 Å². The van der Waals surface area contributed by atoms with Crippen LogP contribution in [0.2, 0.25) is 0 Å². The highest BCUT2D eigenvalue weighted by Gasteiger charge is 2.15. The first kappa shape index (κ1) is 15.5. The molecule has 3 aromatic rings. The molecule has 0 atom stereocenters. The minimum absolute atomic E-state index is 0. The third-order valence-corrected chi connectivity index (χ3v) is 3.43. The Labute approximate surface area is 143 Å². The van der Waals surface area contributed by atoms with Gasteiger partial charge in [0.05, 0.1) is 19.0 Å². The van der Waals surface area contributed by atoms with Crippen molar-refractivity contribution in [1.82, 2.24) is 9.97 Å². The average Bonchev–Trinajstić information content (AvgIpc) is 2.63. The summed E-state index contributed by atoms with van der Waals surface area (Å²) in [5, 5.41) is 2.75. The van der Waals surface area contributed by atoms with Crippen LogP contribution in [0.15, 0.2) is 60.8 Å². The molecule has 2 aromatic carbocycles. The SMILES string of the molecule is COc1ccc(-c2cnc(N)c(C(=O)Nc3ccccc3)n2)cc1.[HH].[HH].[HH]. The van der Waals surface area contributed by atoms with Crippen LogP contribution in [0.25, 0.3) is 11.3 Å². The van der Waals surface area contributed by atoms with Crippen molar-refractivity contribution in [1.29, 1.82) is 0 Å². The molecule has 0 saturated heterocycles. The van der Waals surface area contributed by atoms with Gasteiger partial charge >= 0.3 is 0 Å². The van der Waals surface area contributed by atoms with Gasteiger partial charge in [0.1, 0.15) is 5.75 Å². The topological polar surface area (TPSA) is 90.1 Å². The van der Waals surface area contributed by atoms with E-state index in [-0.39, 0.29) is 15.8 Å². The van der Waals surface area contributed by atoms with Crippen LogP contribution in [0.4, 0.5) is 11.5 Å². The predicted octanol–water partition coefficient (Wildman–Crippen LogP) is 3.72. The summed E-state index contributed by atoms with van der Waals surface area (Å²) in [6, 6.07) is 16.4. The molecule has 6 nitrogen and oxygen atoms in total. The average molecular weight is 326 g/mol. The number of hydrogen-bond acceptors (Lipinski definition) is 5. The number of anilines is 2. The smallest absolute Gasteiger partial charge is 0.278 e. The maximum Gasteiger partial charge on any atom is 0.278 e. The molecule has 3 rings (SSSR count). The molecule has 6 heteroatoms. The Balaban J connectivity index is 0.00000225. The molecular weight excluding hydrogens is 304 g/mol. The van der Waals surface area contributed by atoms with E-state index in [1.165, 1.54) is 6.20 Å². The quantitative estimate of drug-likeness (QED) is 0.762. The van der Waals surface area contributed by atoms with E-state index in [0.29, 0.717) is 11.4 Å². The number of amides is 1. The normalized spacial score (nSPS) is 10.2. The Morgan fingerprint density at radius 2 is 1.83 bits per heavy atom. The van der Waals surface area contributed by atoms with Crippen LogP contribution >= 0.6 is 0 Å². The molecule has 1 aromatic heterocycles. The van der Waals surface area contributed by atoms with Crippen molar-refractivity contribution in [2.24, 2.45) is 0 Å². The van der Waals surface area contributed by atoms with Crippen LogP contribution in [-0.4, -0.2) is 23.0 Å². The van der Waals surface area contributed by atoms with Gasteiger partial charge in [-0.05, 0) is 36.4 Å². The molecule has 0 aliphatic rings. The molecule has 1 heterocycles. The Kier molecular flexibility index (Phi) is 4.38. The summed E-state index contributed by atoms with van der Waals surface area (Å²) in [5.74, 6) is 0.423. The molecular formula is C18H22N4O2. The van der Waals surface area contributed by atoms with Crippen LogP contribution in [0, 0.1) is 0 Å². The van der Waals surface area contributed by atoms with Crippen molar-refractivity contribution in [3.8, 4) is 17.0 Å². The Morgan fingerprint density at radius 1 is 1.12 bits per heavy atom. The maximum atomic E-state index is 12.4. The molecule has 0 saturated carbocycles. The van der Waals surface area contributed by atoms with E-state index in [2.05, 4.69) is 15.3 Å². The summed E-state index contributed by atoms with van der Waals surface area (Å²) in [6.07, 6.45) is 1.54. The summed E-state index contributed by atoms with van der Waals surface area (Å²) in [7, 11) is 1.60. The molecule has 0 spiro atoms. The van der Waals surface area contributed by atoms with Gasteiger partial charge in [0, 0.05) is 15.5 Å². The third kappa shape index (κ3) is 3.33. The van der Waals surface area contributed by atoms with Gasteiger partial charge in [0.2, 0.25) is 0 Å². The summed E-state index contributed by atoms with van der Waals surface area (Å²) in [5.41, 5.74) is 7.95. The number of nitrogens with two attached hydrogens (primary N) is 1. The van der Waals surface area contributed by atoms with Crippen LogP contribution in [0.5, 0.6) is 5.75 Å². The maximum absolute atomic E-state index is 12.4. The van der Waals surface area contributed by atoms with Gasteiger partial charge in [0.15, 0.2) is 11.5 Å². The van der Waals surface area contributed by atoms with Crippen LogP contribution in [0.1, 0.15) is 14.8 Å². The van der Waals surface area contributed by atoms with E-state index < -0.39 is 5.91 Å². The zero-order chi connectivity index (χ0) is 16.9. The molecule has 24 heavy (non-hydrogen) atoms. The van der Waals surface area contributed by atoms with Crippen molar-refractivity contribution >= 4 is 17.4 Å². The van der Waals surface area contributed by atoms with E-state index in [4.69, 9.17) is 10.5 Å². The summed E-state index contributed by atoms with van der Waals surface area (Å²) >= 11 is 0. The second kappa shape index (κ2) is 6.78. The fraction of sp³-hybridized carbons (Fsp3) is 0.0556. The molecule has 0 unspecified atom stereocenters. The highest BCUT2D eigenvalue weighted by Crippen LogP contribution is 2.22. The third-order valence-electron chi connectivity index (χ3n) is 3.43. The van der Waals surface area contributed by atoms with Gasteiger partial charge in [0.25, 0.3) is 5.91 Å². The number of nitrogen functional groups attached to an aromatic ring is 1. The number of benzene rings is 2. The number of carbonyl (C=O) groups excluding carboxylic acids is 1. The Morgan fingerprint density at radius 3 is 2.50 bits per heavy atom.